The highest BCUT2D eigenvalue weighted by atomic mass is 16.5. The Labute approximate surface area is 89.7 Å². The molecule has 2 aromatic rings. The van der Waals surface area contributed by atoms with Crippen molar-refractivity contribution in [3.8, 4) is 5.75 Å². The van der Waals surface area contributed by atoms with Crippen LogP contribution in [0.3, 0.4) is 0 Å². The van der Waals surface area contributed by atoms with Crippen LogP contribution in [0.1, 0.15) is 5.56 Å². The minimum absolute atomic E-state index is 0.887. The molecule has 1 heterocycles. The number of methoxy groups -OCH3 is 1. The molecule has 0 aliphatic carbocycles. The molecule has 80 valence electrons. The zero-order valence-electron chi connectivity index (χ0n) is 9.37. The number of fused-ring (bicyclic) bond motifs is 1. The molecule has 0 aliphatic heterocycles. The molecule has 0 unspecified atom stereocenters. The Morgan fingerprint density at radius 3 is 2.80 bits per heavy atom. The molecule has 3 heteroatoms. The van der Waals surface area contributed by atoms with Gasteiger partial charge in [0.1, 0.15) is 5.75 Å². The Hall–Kier alpha value is -1.48. The first-order chi connectivity index (χ1) is 7.20. The van der Waals surface area contributed by atoms with Crippen LogP contribution in [-0.4, -0.2) is 31.1 Å². The summed E-state index contributed by atoms with van der Waals surface area (Å²) < 4.78 is 5.38. The van der Waals surface area contributed by atoms with E-state index >= 15 is 0 Å². The summed E-state index contributed by atoms with van der Waals surface area (Å²) in [5, 5.41) is 1.19. The smallest absolute Gasteiger partial charge is 0.124 e. The molecule has 0 bridgehead atoms. The van der Waals surface area contributed by atoms with E-state index in [4.69, 9.17) is 4.74 Å². The van der Waals surface area contributed by atoms with E-state index in [0.717, 1.165) is 17.8 Å². The van der Waals surface area contributed by atoms with Crippen molar-refractivity contribution < 1.29 is 4.74 Å². The van der Waals surface area contributed by atoms with E-state index in [1.165, 1.54) is 10.9 Å². The first kappa shape index (κ1) is 10.1. The maximum atomic E-state index is 5.38. The quantitative estimate of drug-likeness (QED) is 0.830. The molecule has 0 amide bonds. The zero-order chi connectivity index (χ0) is 10.8. The second-order valence-electron chi connectivity index (χ2n) is 3.97. The fourth-order valence-electron chi connectivity index (χ4n) is 1.78. The zero-order valence-corrected chi connectivity index (χ0v) is 9.37. The Morgan fingerprint density at radius 2 is 2.13 bits per heavy atom. The molecule has 1 aromatic heterocycles. The van der Waals surface area contributed by atoms with Crippen molar-refractivity contribution in [3.63, 3.8) is 0 Å². The lowest BCUT2D eigenvalue weighted by molar-refractivity contribution is 0.372. The number of aromatic amines is 1. The van der Waals surface area contributed by atoms with Crippen molar-refractivity contribution in [2.75, 3.05) is 21.2 Å². The molecule has 2 rings (SSSR count). The van der Waals surface area contributed by atoms with Crippen molar-refractivity contribution in [1.29, 1.82) is 0 Å². The molecular weight excluding hydrogens is 188 g/mol. The summed E-state index contributed by atoms with van der Waals surface area (Å²) in [6, 6.07) is 6.27. The summed E-state index contributed by atoms with van der Waals surface area (Å²) in [6.07, 6.45) is 1.95. The Kier molecular flexibility index (Phi) is 2.64. The fourth-order valence-corrected chi connectivity index (χ4v) is 1.78. The number of nitrogens with one attached hydrogen (secondary N) is 1. The van der Waals surface area contributed by atoms with Gasteiger partial charge in [-0.15, -0.1) is 0 Å². The van der Waals surface area contributed by atoms with Gasteiger partial charge in [-0.2, -0.15) is 0 Å². The molecule has 0 radical (unpaired) electrons. The molecule has 1 N–H and O–H groups in total. The number of ether oxygens (including phenoxy) is 1. The standard InChI is InChI=1S/C12H16N2O/c1-14(2)8-10-6-11-9(4-5-13-11)7-12(10)15-3/h4-7,13H,8H2,1-3H3. The minimum Gasteiger partial charge on any atom is -0.496 e. The molecule has 15 heavy (non-hydrogen) atoms. The molecule has 1 aromatic carbocycles. The third-order valence-corrected chi connectivity index (χ3v) is 2.44. The topological polar surface area (TPSA) is 28.3 Å². The van der Waals surface area contributed by atoms with Crippen LogP contribution >= 0.6 is 0 Å². The molecule has 0 spiro atoms. The third-order valence-electron chi connectivity index (χ3n) is 2.44. The van der Waals surface area contributed by atoms with E-state index in [2.05, 4.69) is 42.2 Å². The number of H-pyrrole nitrogens is 1. The lowest BCUT2D eigenvalue weighted by atomic mass is 10.1. The van der Waals surface area contributed by atoms with Gasteiger partial charge < -0.3 is 14.6 Å². The van der Waals surface area contributed by atoms with E-state index in [9.17, 15) is 0 Å². The SMILES string of the molecule is COc1cc2cc[nH]c2cc1CN(C)C. The highest BCUT2D eigenvalue weighted by Gasteiger charge is 2.06. The number of nitrogens with zero attached hydrogens (tertiary/aromatic N) is 1. The minimum atomic E-state index is 0.887. The number of aromatic nitrogens is 1. The van der Waals surface area contributed by atoms with Gasteiger partial charge in [0.15, 0.2) is 0 Å². The predicted molar refractivity (Wildman–Crippen MR) is 62.2 cm³/mol. The summed E-state index contributed by atoms with van der Waals surface area (Å²) in [7, 11) is 5.82. The lowest BCUT2D eigenvalue weighted by Crippen LogP contribution is -2.11. The average molecular weight is 204 g/mol. The maximum absolute atomic E-state index is 5.38. The van der Waals surface area contributed by atoms with Crippen LogP contribution in [0.25, 0.3) is 10.9 Å². The van der Waals surface area contributed by atoms with Crippen molar-refractivity contribution in [3.05, 3.63) is 30.0 Å². The number of benzene rings is 1. The Balaban J connectivity index is 2.49. The van der Waals surface area contributed by atoms with Gasteiger partial charge in [0.25, 0.3) is 0 Å². The van der Waals surface area contributed by atoms with Gasteiger partial charge >= 0.3 is 0 Å². The molecule has 0 saturated heterocycles. The van der Waals surface area contributed by atoms with Crippen molar-refractivity contribution in [1.82, 2.24) is 9.88 Å². The van der Waals surface area contributed by atoms with Gasteiger partial charge in [-0.3, -0.25) is 0 Å². The molecule has 3 nitrogen and oxygen atoms in total. The lowest BCUT2D eigenvalue weighted by Gasteiger charge is -2.13. The van der Waals surface area contributed by atoms with Crippen LogP contribution in [0.5, 0.6) is 5.75 Å². The second kappa shape index (κ2) is 3.95. The first-order valence-electron chi connectivity index (χ1n) is 4.99. The van der Waals surface area contributed by atoms with Gasteiger partial charge in [-0.25, -0.2) is 0 Å². The molecule has 0 aliphatic rings. The predicted octanol–water partition coefficient (Wildman–Crippen LogP) is 2.24. The van der Waals surface area contributed by atoms with Gasteiger partial charge in [-0.05, 0) is 32.3 Å². The van der Waals surface area contributed by atoms with Crippen molar-refractivity contribution in [2.24, 2.45) is 0 Å². The number of rotatable bonds is 3. The van der Waals surface area contributed by atoms with E-state index in [-0.39, 0.29) is 0 Å². The van der Waals surface area contributed by atoms with E-state index in [0.29, 0.717) is 0 Å². The normalized spacial score (nSPS) is 11.2. The summed E-state index contributed by atoms with van der Waals surface area (Å²) >= 11 is 0. The largest absolute Gasteiger partial charge is 0.496 e. The van der Waals surface area contributed by atoms with E-state index in [1.54, 1.807) is 7.11 Å². The molecule has 0 atom stereocenters. The first-order valence-corrected chi connectivity index (χ1v) is 4.99. The number of hydrogen-bond donors (Lipinski definition) is 1. The van der Waals surface area contributed by atoms with Crippen LogP contribution in [0.2, 0.25) is 0 Å². The van der Waals surface area contributed by atoms with Gasteiger partial charge in [0.05, 0.1) is 7.11 Å². The second-order valence-corrected chi connectivity index (χ2v) is 3.97. The monoisotopic (exact) mass is 204 g/mol. The van der Waals surface area contributed by atoms with Crippen LogP contribution in [0.15, 0.2) is 24.4 Å². The van der Waals surface area contributed by atoms with Crippen LogP contribution in [-0.2, 0) is 6.54 Å². The molecule has 0 fully saturated rings. The molecular formula is C12H16N2O. The van der Waals surface area contributed by atoms with Crippen LogP contribution in [0, 0.1) is 0 Å². The molecule has 0 saturated carbocycles. The van der Waals surface area contributed by atoms with E-state index in [1.807, 2.05) is 6.20 Å². The van der Waals surface area contributed by atoms with Crippen LogP contribution in [0.4, 0.5) is 0 Å². The van der Waals surface area contributed by atoms with Gasteiger partial charge in [-0.1, -0.05) is 0 Å². The van der Waals surface area contributed by atoms with Crippen molar-refractivity contribution >= 4 is 10.9 Å². The highest BCUT2D eigenvalue weighted by Crippen LogP contribution is 2.25. The fraction of sp³-hybridized carbons (Fsp3) is 0.333. The third kappa shape index (κ3) is 1.97. The van der Waals surface area contributed by atoms with Gasteiger partial charge in [0, 0.05) is 29.2 Å². The average Bonchev–Trinajstić information content (AvgIpc) is 2.62. The summed E-state index contributed by atoms with van der Waals surface area (Å²) in [5.41, 5.74) is 2.37. The Bertz CT molecular complexity index is 460. The van der Waals surface area contributed by atoms with Crippen LogP contribution < -0.4 is 4.74 Å². The highest BCUT2D eigenvalue weighted by molar-refractivity contribution is 5.82. The summed E-state index contributed by atoms with van der Waals surface area (Å²) in [6.45, 7) is 0.887. The summed E-state index contributed by atoms with van der Waals surface area (Å²) in [5.74, 6) is 0.954. The maximum Gasteiger partial charge on any atom is 0.124 e. The van der Waals surface area contributed by atoms with E-state index < -0.39 is 0 Å². The van der Waals surface area contributed by atoms with Gasteiger partial charge in [0.2, 0.25) is 0 Å². The van der Waals surface area contributed by atoms with Crippen molar-refractivity contribution in [2.45, 2.75) is 6.54 Å². The Morgan fingerprint density at radius 1 is 1.33 bits per heavy atom. The number of hydrogen-bond acceptors (Lipinski definition) is 2. The summed E-state index contributed by atoms with van der Waals surface area (Å²) in [4.78, 5) is 5.34.